The number of para-hydroxylation sites is 1. The van der Waals surface area contributed by atoms with Crippen molar-refractivity contribution in [3.05, 3.63) is 54.5 Å². The Labute approximate surface area is 138 Å². The van der Waals surface area contributed by atoms with Crippen molar-refractivity contribution in [2.24, 2.45) is 0 Å². The Balaban J connectivity index is 1.47. The summed E-state index contributed by atoms with van der Waals surface area (Å²) in [5.41, 5.74) is 0.782. The highest BCUT2D eigenvalue weighted by Crippen LogP contribution is 2.38. The van der Waals surface area contributed by atoms with Gasteiger partial charge in [-0.05, 0) is 25.0 Å². The van der Waals surface area contributed by atoms with Crippen molar-refractivity contribution < 1.29 is 12.8 Å². The first-order valence-electron chi connectivity index (χ1n) is 7.54. The summed E-state index contributed by atoms with van der Waals surface area (Å²) >= 11 is 0. The van der Waals surface area contributed by atoms with Gasteiger partial charge in [0.2, 0.25) is 21.8 Å². The zero-order chi connectivity index (χ0) is 16.6. The van der Waals surface area contributed by atoms with Gasteiger partial charge in [0.25, 0.3) is 0 Å². The molecule has 0 saturated heterocycles. The predicted octanol–water partition coefficient (Wildman–Crippen LogP) is 1.61. The van der Waals surface area contributed by atoms with E-state index in [0.29, 0.717) is 11.8 Å². The summed E-state index contributed by atoms with van der Waals surface area (Å²) in [4.78, 5) is 0.0771. The molecule has 2 aromatic heterocycles. The van der Waals surface area contributed by atoms with Crippen LogP contribution in [0.4, 0.5) is 0 Å². The van der Waals surface area contributed by atoms with Crippen LogP contribution in [0.2, 0.25) is 0 Å². The molecule has 0 amide bonds. The number of sulfonamides is 1. The van der Waals surface area contributed by atoms with Crippen LogP contribution < -0.4 is 4.72 Å². The summed E-state index contributed by atoms with van der Waals surface area (Å²) in [7, 11) is -3.70. The summed E-state index contributed by atoms with van der Waals surface area (Å²) < 4.78 is 34.1. The van der Waals surface area contributed by atoms with E-state index in [9.17, 15) is 8.42 Å². The standard InChI is InChI=1S/C15H15N5O3S/c21-24(22,17-9-14-18-19-15(23-14)11-6-7-11)13-8-16-20(10-13)12-4-2-1-3-5-12/h1-5,8,10-11,17H,6-7,9H2. The van der Waals surface area contributed by atoms with Crippen LogP contribution in [-0.4, -0.2) is 28.4 Å². The molecule has 9 heteroatoms. The molecule has 124 valence electrons. The Bertz CT molecular complexity index is 944. The van der Waals surface area contributed by atoms with Gasteiger partial charge < -0.3 is 4.42 Å². The molecule has 4 rings (SSSR count). The van der Waals surface area contributed by atoms with Crippen molar-refractivity contribution >= 4 is 10.0 Å². The third-order valence-corrected chi connectivity index (χ3v) is 5.07. The minimum Gasteiger partial charge on any atom is -0.424 e. The number of benzene rings is 1. The molecule has 8 nitrogen and oxygen atoms in total. The van der Waals surface area contributed by atoms with Crippen LogP contribution in [0.3, 0.4) is 0 Å². The molecule has 1 aliphatic carbocycles. The largest absolute Gasteiger partial charge is 0.424 e. The van der Waals surface area contributed by atoms with Gasteiger partial charge in [0.15, 0.2) is 0 Å². The van der Waals surface area contributed by atoms with E-state index in [1.165, 1.54) is 17.1 Å². The Morgan fingerprint density at radius 3 is 2.75 bits per heavy atom. The molecule has 1 saturated carbocycles. The summed E-state index contributed by atoms with van der Waals surface area (Å²) in [6.07, 6.45) is 4.86. The summed E-state index contributed by atoms with van der Waals surface area (Å²) in [6, 6.07) is 9.28. The highest BCUT2D eigenvalue weighted by Gasteiger charge is 2.29. The lowest BCUT2D eigenvalue weighted by Crippen LogP contribution is -2.23. The predicted molar refractivity (Wildman–Crippen MR) is 83.9 cm³/mol. The first-order valence-corrected chi connectivity index (χ1v) is 9.02. The lowest BCUT2D eigenvalue weighted by atomic mass is 10.3. The van der Waals surface area contributed by atoms with E-state index in [1.807, 2.05) is 30.3 Å². The molecule has 3 aromatic rings. The van der Waals surface area contributed by atoms with E-state index in [0.717, 1.165) is 18.5 Å². The molecule has 0 aliphatic heterocycles. The molecule has 1 N–H and O–H groups in total. The van der Waals surface area contributed by atoms with Gasteiger partial charge in [-0.1, -0.05) is 18.2 Å². The average molecular weight is 345 g/mol. The molecule has 1 fully saturated rings. The van der Waals surface area contributed by atoms with E-state index in [2.05, 4.69) is 20.0 Å². The molecule has 2 heterocycles. The molecule has 1 aliphatic rings. The third kappa shape index (κ3) is 3.08. The zero-order valence-electron chi connectivity index (χ0n) is 12.7. The molecule has 0 spiro atoms. The van der Waals surface area contributed by atoms with Gasteiger partial charge >= 0.3 is 0 Å². The number of rotatable bonds is 6. The van der Waals surface area contributed by atoms with Gasteiger partial charge in [0.05, 0.1) is 24.6 Å². The topological polar surface area (TPSA) is 103 Å². The quantitative estimate of drug-likeness (QED) is 0.728. The SMILES string of the molecule is O=S(=O)(NCc1nnc(C2CC2)o1)c1cnn(-c2ccccc2)c1. The molecular weight excluding hydrogens is 330 g/mol. The molecule has 1 aromatic carbocycles. The minimum absolute atomic E-state index is 0.0431. The van der Waals surface area contributed by atoms with Crippen molar-refractivity contribution in [1.82, 2.24) is 24.7 Å². The monoisotopic (exact) mass is 345 g/mol. The van der Waals surface area contributed by atoms with Crippen LogP contribution in [0.15, 0.2) is 52.0 Å². The summed E-state index contributed by atoms with van der Waals surface area (Å²) in [6.45, 7) is -0.0431. The van der Waals surface area contributed by atoms with Gasteiger partial charge in [-0.3, -0.25) is 0 Å². The third-order valence-electron chi connectivity index (χ3n) is 3.71. The van der Waals surface area contributed by atoms with Gasteiger partial charge in [0, 0.05) is 5.92 Å². The van der Waals surface area contributed by atoms with Crippen LogP contribution in [0.1, 0.15) is 30.5 Å². The lowest BCUT2D eigenvalue weighted by Gasteiger charge is -2.02. The number of hydrogen-bond acceptors (Lipinski definition) is 6. The van der Waals surface area contributed by atoms with Crippen molar-refractivity contribution in [3.63, 3.8) is 0 Å². The Morgan fingerprint density at radius 1 is 1.21 bits per heavy atom. The maximum absolute atomic E-state index is 12.3. The van der Waals surface area contributed by atoms with Crippen LogP contribution >= 0.6 is 0 Å². The number of nitrogens with zero attached hydrogens (tertiary/aromatic N) is 4. The highest BCUT2D eigenvalue weighted by atomic mass is 32.2. The number of aromatic nitrogens is 4. The zero-order valence-corrected chi connectivity index (χ0v) is 13.5. The second-order valence-corrected chi connectivity index (χ2v) is 7.36. The van der Waals surface area contributed by atoms with Crippen LogP contribution in [0.5, 0.6) is 0 Å². The van der Waals surface area contributed by atoms with Crippen LogP contribution in [-0.2, 0) is 16.6 Å². The Kier molecular flexibility index (Phi) is 3.66. The molecule has 0 radical (unpaired) electrons. The van der Waals surface area contributed by atoms with E-state index in [-0.39, 0.29) is 17.3 Å². The maximum Gasteiger partial charge on any atom is 0.244 e. The molecule has 0 bridgehead atoms. The second-order valence-electron chi connectivity index (χ2n) is 5.59. The number of nitrogens with one attached hydrogen (secondary N) is 1. The van der Waals surface area contributed by atoms with E-state index in [4.69, 9.17) is 4.42 Å². The molecule has 24 heavy (non-hydrogen) atoms. The fraction of sp³-hybridized carbons (Fsp3) is 0.267. The second kappa shape index (κ2) is 5.84. The summed E-state index contributed by atoms with van der Waals surface area (Å²) in [5, 5.41) is 11.9. The number of hydrogen-bond donors (Lipinski definition) is 1. The first kappa shape index (κ1) is 15.0. The van der Waals surface area contributed by atoms with Gasteiger partial charge in [0.1, 0.15) is 4.90 Å². The maximum atomic E-state index is 12.3. The fourth-order valence-corrected chi connectivity index (χ4v) is 3.15. The molecule has 0 unspecified atom stereocenters. The van der Waals surface area contributed by atoms with E-state index in [1.54, 1.807) is 0 Å². The van der Waals surface area contributed by atoms with Crippen molar-refractivity contribution in [2.45, 2.75) is 30.2 Å². The first-order chi connectivity index (χ1) is 11.6. The van der Waals surface area contributed by atoms with Gasteiger partial charge in [-0.25, -0.2) is 17.8 Å². The highest BCUT2D eigenvalue weighted by molar-refractivity contribution is 7.89. The van der Waals surface area contributed by atoms with Crippen LogP contribution in [0.25, 0.3) is 5.69 Å². The lowest BCUT2D eigenvalue weighted by molar-refractivity contribution is 0.445. The van der Waals surface area contributed by atoms with Crippen molar-refractivity contribution in [1.29, 1.82) is 0 Å². The smallest absolute Gasteiger partial charge is 0.244 e. The summed E-state index contributed by atoms with van der Waals surface area (Å²) in [5.74, 6) is 1.18. The van der Waals surface area contributed by atoms with Gasteiger partial charge in [-0.2, -0.15) is 5.10 Å². The fourth-order valence-electron chi connectivity index (χ4n) is 2.24. The van der Waals surface area contributed by atoms with E-state index < -0.39 is 10.0 Å². The van der Waals surface area contributed by atoms with Crippen molar-refractivity contribution in [3.8, 4) is 5.69 Å². The Hall–Kier alpha value is -2.52. The molecule has 0 atom stereocenters. The van der Waals surface area contributed by atoms with Crippen molar-refractivity contribution in [2.75, 3.05) is 0 Å². The average Bonchev–Trinajstić information content (AvgIpc) is 3.13. The minimum atomic E-state index is -3.70. The molecular formula is C15H15N5O3S. The Morgan fingerprint density at radius 2 is 2.00 bits per heavy atom. The van der Waals surface area contributed by atoms with E-state index >= 15 is 0 Å². The van der Waals surface area contributed by atoms with Gasteiger partial charge in [-0.15, -0.1) is 10.2 Å². The van der Waals surface area contributed by atoms with Crippen LogP contribution in [0, 0.1) is 0 Å². The normalized spacial score (nSPS) is 14.8.